The Morgan fingerprint density at radius 1 is 1.46 bits per heavy atom. The van der Waals surface area contributed by atoms with Gasteiger partial charge in [-0.3, -0.25) is 0 Å². The molecular formula is C9H9BrF2O. The average molecular weight is 251 g/mol. The summed E-state index contributed by atoms with van der Waals surface area (Å²) < 4.78 is 30.1. The van der Waals surface area contributed by atoms with Crippen molar-refractivity contribution in [3.8, 4) is 5.75 Å². The van der Waals surface area contributed by atoms with Crippen molar-refractivity contribution >= 4 is 15.9 Å². The number of halogens is 3. The third-order valence-corrected chi connectivity index (χ3v) is 2.13. The lowest BCUT2D eigenvalue weighted by Gasteiger charge is -2.07. The van der Waals surface area contributed by atoms with Crippen molar-refractivity contribution < 1.29 is 13.5 Å². The molecule has 0 saturated carbocycles. The van der Waals surface area contributed by atoms with Crippen molar-refractivity contribution in [2.45, 2.75) is 13.3 Å². The van der Waals surface area contributed by atoms with Gasteiger partial charge in [-0.05, 0) is 41.1 Å². The maximum atomic E-state index is 12.2. The number of alkyl halides is 2. The molecule has 13 heavy (non-hydrogen) atoms. The number of rotatable bonds is 3. The molecule has 0 aliphatic carbocycles. The van der Waals surface area contributed by atoms with E-state index in [4.69, 9.17) is 4.74 Å². The second-order valence-corrected chi connectivity index (χ2v) is 3.28. The van der Waals surface area contributed by atoms with Gasteiger partial charge in [0.25, 0.3) is 6.43 Å². The van der Waals surface area contributed by atoms with Gasteiger partial charge in [0.15, 0.2) is 0 Å². The van der Waals surface area contributed by atoms with Gasteiger partial charge in [-0.1, -0.05) is 0 Å². The van der Waals surface area contributed by atoms with Crippen molar-refractivity contribution in [1.29, 1.82) is 0 Å². The third-order valence-electron chi connectivity index (χ3n) is 1.51. The number of benzene rings is 1. The summed E-state index contributed by atoms with van der Waals surface area (Å²) >= 11 is 3.16. The van der Waals surface area contributed by atoms with Gasteiger partial charge in [-0.15, -0.1) is 0 Å². The minimum Gasteiger partial charge on any atom is -0.493 e. The second-order valence-electron chi connectivity index (χ2n) is 2.42. The maximum absolute atomic E-state index is 12.2. The van der Waals surface area contributed by atoms with Crippen LogP contribution in [0.5, 0.6) is 5.75 Å². The number of ether oxygens (including phenoxy) is 1. The highest BCUT2D eigenvalue weighted by atomic mass is 79.9. The summed E-state index contributed by atoms with van der Waals surface area (Å²) in [4.78, 5) is 0. The normalized spacial score (nSPS) is 10.5. The molecule has 0 fully saturated rings. The van der Waals surface area contributed by atoms with Crippen LogP contribution < -0.4 is 4.74 Å². The highest BCUT2D eigenvalue weighted by Gasteiger charge is 2.09. The topological polar surface area (TPSA) is 9.23 Å². The van der Waals surface area contributed by atoms with Crippen molar-refractivity contribution in [2.75, 3.05) is 6.61 Å². The molecule has 0 saturated heterocycles. The van der Waals surface area contributed by atoms with E-state index in [1.807, 2.05) is 6.92 Å². The molecule has 4 heteroatoms. The Morgan fingerprint density at radius 2 is 2.15 bits per heavy atom. The Bertz CT molecular complexity index is 289. The predicted molar refractivity (Wildman–Crippen MR) is 50.3 cm³/mol. The van der Waals surface area contributed by atoms with Crippen molar-refractivity contribution in [2.24, 2.45) is 0 Å². The zero-order valence-corrected chi connectivity index (χ0v) is 8.64. The summed E-state index contributed by atoms with van der Waals surface area (Å²) in [5.74, 6) is 0.590. The second kappa shape index (κ2) is 4.56. The first-order valence-electron chi connectivity index (χ1n) is 3.85. The third kappa shape index (κ3) is 2.66. The van der Waals surface area contributed by atoms with E-state index >= 15 is 0 Å². The summed E-state index contributed by atoms with van der Waals surface area (Å²) in [7, 11) is 0. The molecular weight excluding hydrogens is 242 g/mol. The van der Waals surface area contributed by atoms with Gasteiger partial charge < -0.3 is 4.74 Å². The maximum Gasteiger partial charge on any atom is 0.263 e. The molecule has 0 amide bonds. The fraction of sp³-hybridized carbons (Fsp3) is 0.333. The molecule has 0 aliphatic heterocycles. The summed E-state index contributed by atoms with van der Waals surface area (Å²) in [6, 6.07) is 4.27. The largest absolute Gasteiger partial charge is 0.493 e. The SMILES string of the molecule is CCOc1ccc(C(F)F)cc1Br. The van der Waals surface area contributed by atoms with Crippen LogP contribution in [0.2, 0.25) is 0 Å². The Hall–Kier alpha value is -0.640. The molecule has 0 aliphatic rings. The Balaban J connectivity index is 2.92. The first-order valence-corrected chi connectivity index (χ1v) is 4.65. The van der Waals surface area contributed by atoms with Gasteiger partial charge in [0, 0.05) is 5.56 Å². The van der Waals surface area contributed by atoms with Crippen LogP contribution in [0.25, 0.3) is 0 Å². The quantitative estimate of drug-likeness (QED) is 0.794. The van der Waals surface area contributed by atoms with Crippen molar-refractivity contribution in [3.63, 3.8) is 0 Å². The van der Waals surface area contributed by atoms with E-state index in [1.54, 1.807) is 0 Å². The number of hydrogen-bond donors (Lipinski definition) is 0. The smallest absolute Gasteiger partial charge is 0.263 e. The van der Waals surface area contributed by atoms with Crippen LogP contribution in [-0.4, -0.2) is 6.61 Å². The van der Waals surface area contributed by atoms with Crippen LogP contribution in [0, 0.1) is 0 Å². The van der Waals surface area contributed by atoms with Gasteiger partial charge in [0.2, 0.25) is 0 Å². The van der Waals surface area contributed by atoms with E-state index in [0.717, 1.165) is 0 Å². The molecule has 0 bridgehead atoms. The van der Waals surface area contributed by atoms with E-state index in [0.29, 0.717) is 16.8 Å². The van der Waals surface area contributed by atoms with Crippen LogP contribution in [0.15, 0.2) is 22.7 Å². The summed E-state index contributed by atoms with van der Waals surface area (Å²) in [5.41, 5.74) is -0.00433. The van der Waals surface area contributed by atoms with Crippen LogP contribution in [0.4, 0.5) is 8.78 Å². The van der Waals surface area contributed by atoms with E-state index in [-0.39, 0.29) is 5.56 Å². The van der Waals surface area contributed by atoms with Crippen LogP contribution in [0.1, 0.15) is 18.9 Å². The molecule has 0 unspecified atom stereocenters. The highest BCUT2D eigenvalue weighted by Crippen LogP contribution is 2.29. The van der Waals surface area contributed by atoms with Crippen LogP contribution in [0.3, 0.4) is 0 Å². The molecule has 0 aromatic heterocycles. The van der Waals surface area contributed by atoms with Gasteiger partial charge >= 0.3 is 0 Å². The van der Waals surface area contributed by atoms with E-state index in [2.05, 4.69) is 15.9 Å². The molecule has 0 radical (unpaired) electrons. The molecule has 0 heterocycles. The zero-order chi connectivity index (χ0) is 9.84. The fourth-order valence-corrected chi connectivity index (χ4v) is 1.44. The lowest BCUT2D eigenvalue weighted by molar-refractivity contribution is 0.151. The molecule has 1 aromatic carbocycles. The minimum atomic E-state index is -2.44. The van der Waals surface area contributed by atoms with Gasteiger partial charge in [0.1, 0.15) is 5.75 Å². The molecule has 0 atom stereocenters. The fourth-order valence-electron chi connectivity index (χ4n) is 0.925. The molecule has 0 spiro atoms. The first kappa shape index (κ1) is 10.4. The average Bonchev–Trinajstić information content (AvgIpc) is 2.08. The van der Waals surface area contributed by atoms with Crippen molar-refractivity contribution in [1.82, 2.24) is 0 Å². The molecule has 1 rings (SSSR count). The zero-order valence-electron chi connectivity index (χ0n) is 7.06. The molecule has 72 valence electrons. The Morgan fingerprint density at radius 3 is 2.62 bits per heavy atom. The van der Waals surface area contributed by atoms with Crippen LogP contribution >= 0.6 is 15.9 Å². The van der Waals surface area contributed by atoms with Gasteiger partial charge in [-0.25, -0.2) is 8.78 Å². The predicted octanol–water partition coefficient (Wildman–Crippen LogP) is 3.79. The lowest BCUT2D eigenvalue weighted by atomic mass is 10.2. The summed E-state index contributed by atoms with van der Waals surface area (Å²) in [6.07, 6.45) is -2.44. The monoisotopic (exact) mass is 250 g/mol. The van der Waals surface area contributed by atoms with E-state index in [1.165, 1.54) is 18.2 Å². The Labute approximate surface area is 83.8 Å². The molecule has 1 nitrogen and oxygen atoms in total. The first-order chi connectivity index (χ1) is 6.15. The highest BCUT2D eigenvalue weighted by molar-refractivity contribution is 9.10. The lowest BCUT2D eigenvalue weighted by Crippen LogP contribution is -1.93. The summed E-state index contributed by atoms with van der Waals surface area (Å²) in [6.45, 7) is 2.36. The van der Waals surface area contributed by atoms with Gasteiger partial charge in [-0.2, -0.15) is 0 Å². The van der Waals surface area contributed by atoms with Crippen molar-refractivity contribution in [3.05, 3.63) is 28.2 Å². The Kier molecular flexibility index (Phi) is 3.66. The molecule has 0 N–H and O–H groups in total. The molecule has 1 aromatic rings. The minimum absolute atomic E-state index is 0.00433. The summed E-state index contributed by atoms with van der Waals surface area (Å²) in [5, 5.41) is 0. The van der Waals surface area contributed by atoms with E-state index in [9.17, 15) is 8.78 Å². The number of hydrogen-bond acceptors (Lipinski definition) is 1. The van der Waals surface area contributed by atoms with Gasteiger partial charge in [0.05, 0.1) is 11.1 Å². The van der Waals surface area contributed by atoms with Crippen LogP contribution in [-0.2, 0) is 0 Å². The van der Waals surface area contributed by atoms with E-state index < -0.39 is 6.43 Å². The standard InChI is InChI=1S/C9H9BrF2O/c1-2-13-8-4-3-6(9(11)12)5-7(8)10/h3-5,9H,2H2,1H3.